The zero-order chi connectivity index (χ0) is 12.6. The largest absolute Gasteiger partial charge is 0.508 e. The summed E-state index contributed by atoms with van der Waals surface area (Å²) in [5.41, 5.74) is 2.24. The molecule has 88 valence electrons. The molecule has 0 aliphatic carbocycles. The molecule has 0 atom stereocenters. The van der Waals surface area contributed by atoms with Crippen LogP contribution in [-0.4, -0.2) is 10.1 Å². The van der Waals surface area contributed by atoms with Crippen molar-refractivity contribution in [1.82, 2.24) is 4.98 Å². The summed E-state index contributed by atoms with van der Waals surface area (Å²) in [5.74, 6) is 0.190. The Morgan fingerprint density at radius 2 is 1.59 bits per heavy atom. The molecule has 0 radical (unpaired) electrons. The van der Waals surface area contributed by atoms with Crippen molar-refractivity contribution in [3.8, 4) is 16.9 Å². The van der Waals surface area contributed by atoms with Crippen molar-refractivity contribution in [1.29, 1.82) is 0 Å². The number of hydrogen-bond acceptors (Lipinski definition) is 2. The highest BCUT2D eigenvalue weighted by Gasteiger charge is 2.15. The highest BCUT2D eigenvalue weighted by molar-refractivity contribution is 6.48. The van der Waals surface area contributed by atoms with E-state index in [1.807, 2.05) is 0 Å². The van der Waals surface area contributed by atoms with Crippen LogP contribution in [-0.2, 0) is 0 Å². The van der Waals surface area contributed by atoms with Gasteiger partial charge < -0.3 is 5.11 Å². The highest BCUT2D eigenvalue weighted by Crippen LogP contribution is 2.39. The second-order valence-corrected chi connectivity index (χ2v) is 4.65. The van der Waals surface area contributed by atoms with Crippen LogP contribution in [0, 0.1) is 6.92 Å². The lowest BCUT2D eigenvalue weighted by atomic mass is 10.0. The molecule has 2 aromatic rings. The lowest BCUT2D eigenvalue weighted by molar-refractivity contribution is 0.475. The minimum absolute atomic E-state index is 0.190. The van der Waals surface area contributed by atoms with Crippen LogP contribution in [0.1, 0.15) is 5.69 Å². The van der Waals surface area contributed by atoms with E-state index in [4.69, 9.17) is 34.8 Å². The van der Waals surface area contributed by atoms with Crippen LogP contribution in [0.25, 0.3) is 11.1 Å². The number of phenols is 1. The van der Waals surface area contributed by atoms with E-state index in [-0.39, 0.29) is 15.9 Å². The molecule has 2 nitrogen and oxygen atoms in total. The smallest absolute Gasteiger partial charge is 0.149 e. The van der Waals surface area contributed by atoms with Crippen LogP contribution in [0.3, 0.4) is 0 Å². The van der Waals surface area contributed by atoms with E-state index < -0.39 is 0 Å². The molecule has 17 heavy (non-hydrogen) atoms. The summed E-state index contributed by atoms with van der Waals surface area (Å²) in [6.45, 7) is 1.80. The van der Waals surface area contributed by atoms with Crippen molar-refractivity contribution in [3.63, 3.8) is 0 Å². The first-order valence-corrected chi connectivity index (χ1v) is 5.94. The van der Waals surface area contributed by atoms with Crippen LogP contribution in [0.15, 0.2) is 24.3 Å². The molecule has 1 aromatic carbocycles. The molecule has 0 aliphatic heterocycles. The van der Waals surface area contributed by atoms with E-state index >= 15 is 0 Å². The molecular formula is C12H8Cl3NO. The predicted molar refractivity (Wildman–Crippen MR) is 71.1 cm³/mol. The van der Waals surface area contributed by atoms with Gasteiger partial charge in [0.15, 0.2) is 0 Å². The molecular weight excluding hydrogens is 280 g/mol. The molecule has 1 heterocycles. The van der Waals surface area contributed by atoms with Gasteiger partial charge in [-0.15, -0.1) is 0 Å². The molecule has 1 N–H and O–H groups in total. The van der Waals surface area contributed by atoms with E-state index in [0.717, 1.165) is 11.1 Å². The quantitative estimate of drug-likeness (QED) is 0.770. The third-order valence-electron chi connectivity index (χ3n) is 2.38. The van der Waals surface area contributed by atoms with Crippen LogP contribution < -0.4 is 0 Å². The number of pyridine rings is 1. The van der Waals surface area contributed by atoms with Gasteiger partial charge in [0.05, 0.1) is 10.0 Å². The maximum atomic E-state index is 9.25. The van der Waals surface area contributed by atoms with Gasteiger partial charge in [0.1, 0.15) is 10.9 Å². The van der Waals surface area contributed by atoms with Crippen molar-refractivity contribution in [2.24, 2.45) is 0 Å². The van der Waals surface area contributed by atoms with Gasteiger partial charge in [-0.3, -0.25) is 0 Å². The topological polar surface area (TPSA) is 33.1 Å². The molecule has 0 fully saturated rings. The molecule has 0 bridgehead atoms. The van der Waals surface area contributed by atoms with Crippen molar-refractivity contribution >= 4 is 34.8 Å². The molecule has 0 spiro atoms. The Hall–Kier alpha value is -0.960. The number of nitrogens with zero attached hydrogens (tertiary/aromatic N) is 1. The Balaban J connectivity index is 2.67. The number of aromatic hydroxyl groups is 1. The molecule has 0 unspecified atom stereocenters. The summed E-state index contributed by atoms with van der Waals surface area (Å²) in [7, 11) is 0. The summed E-state index contributed by atoms with van der Waals surface area (Å²) in [6.07, 6.45) is 0. The number of aromatic nitrogens is 1. The molecule has 0 saturated heterocycles. The third kappa shape index (κ3) is 2.34. The van der Waals surface area contributed by atoms with Gasteiger partial charge in [-0.1, -0.05) is 46.9 Å². The molecule has 0 aliphatic rings. The highest BCUT2D eigenvalue weighted by atomic mass is 35.5. The number of phenolic OH excluding ortho intramolecular Hbond substituents is 1. The van der Waals surface area contributed by atoms with Gasteiger partial charge >= 0.3 is 0 Å². The van der Waals surface area contributed by atoms with Crippen LogP contribution >= 0.6 is 34.8 Å². The fourth-order valence-electron chi connectivity index (χ4n) is 1.58. The van der Waals surface area contributed by atoms with E-state index in [1.54, 1.807) is 31.2 Å². The van der Waals surface area contributed by atoms with E-state index in [2.05, 4.69) is 4.98 Å². The lowest BCUT2D eigenvalue weighted by Crippen LogP contribution is -1.91. The Bertz CT molecular complexity index is 567. The normalized spacial score (nSPS) is 10.6. The lowest BCUT2D eigenvalue weighted by Gasteiger charge is -2.10. The van der Waals surface area contributed by atoms with Gasteiger partial charge in [-0.2, -0.15) is 0 Å². The maximum Gasteiger partial charge on any atom is 0.149 e. The number of aryl methyl sites for hydroxylation is 1. The fourth-order valence-corrected chi connectivity index (χ4v) is 2.32. The first-order chi connectivity index (χ1) is 8.00. The SMILES string of the molecule is Cc1nc(Cl)c(Cl)c(Cl)c1-c1ccc(O)cc1. The molecule has 5 heteroatoms. The number of halogens is 3. The standard InChI is InChI=1S/C12H8Cl3NO/c1-6-9(7-2-4-8(17)5-3-7)10(13)11(14)12(15)16-6/h2-5,17H,1H3. The average molecular weight is 289 g/mol. The zero-order valence-corrected chi connectivity index (χ0v) is 11.1. The monoisotopic (exact) mass is 287 g/mol. The first-order valence-electron chi connectivity index (χ1n) is 4.81. The van der Waals surface area contributed by atoms with Crippen molar-refractivity contribution in [3.05, 3.63) is 45.2 Å². The van der Waals surface area contributed by atoms with E-state index in [9.17, 15) is 5.11 Å². The predicted octanol–water partition coefficient (Wildman–Crippen LogP) is 4.72. The summed E-state index contributed by atoms with van der Waals surface area (Å²) in [5, 5.41) is 10.0. The fraction of sp³-hybridized carbons (Fsp3) is 0.0833. The molecule has 0 amide bonds. The third-order valence-corrected chi connectivity index (χ3v) is 3.59. The second-order valence-electron chi connectivity index (χ2n) is 3.54. The Morgan fingerprint density at radius 3 is 2.18 bits per heavy atom. The van der Waals surface area contributed by atoms with Gasteiger partial charge in [-0.05, 0) is 24.6 Å². The summed E-state index contributed by atoms with van der Waals surface area (Å²) in [6, 6.07) is 6.64. The first kappa shape index (κ1) is 12.5. The Morgan fingerprint density at radius 1 is 1.00 bits per heavy atom. The van der Waals surface area contributed by atoms with Gasteiger partial charge in [-0.25, -0.2) is 4.98 Å². The number of hydrogen-bond donors (Lipinski definition) is 1. The van der Waals surface area contributed by atoms with E-state index in [1.165, 1.54) is 0 Å². The van der Waals surface area contributed by atoms with Gasteiger partial charge in [0.2, 0.25) is 0 Å². The summed E-state index contributed by atoms with van der Waals surface area (Å²) < 4.78 is 0. The summed E-state index contributed by atoms with van der Waals surface area (Å²) >= 11 is 18.0. The minimum Gasteiger partial charge on any atom is -0.508 e. The Kier molecular flexibility index (Phi) is 3.48. The second kappa shape index (κ2) is 4.73. The Labute approximate surface area is 114 Å². The van der Waals surface area contributed by atoms with Crippen LogP contribution in [0.5, 0.6) is 5.75 Å². The zero-order valence-electron chi connectivity index (χ0n) is 8.84. The minimum atomic E-state index is 0.190. The van der Waals surface area contributed by atoms with Gasteiger partial charge in [0.25, 0.3) is 0 Å². The molecule has 1 aromatic heterocycles. The summed E-state index contributed by atoms with van der Waals surface area (Å²) in [4.78, 5) is 4.12. The van der Waals surface area contributed by atoms with Crippen molar-refractivity contribution in [2.75, 3.05) is 0 Å². The van der Waals surface area contributed by atoms with Crippen LogP contribution in [0.2, 0.25) is 15.2 Å². The van der Waals surface area contributed by atoms with Gasteiger partial charge in [0, 0.05) is 11.3 Å². The van der Waals surface area contributed by atoms with E-state index in [0.29, 0.717) is 10.7 Å². The average Bonchev–Trinajstić information content (AvgIpc) is 2.29. The maximum absolute atomic E-state index is 9.25. The number of benzene rings is 1. The molecule has 0 saturated carbocycles. The van der Waals surface area contributed by atoms with Crippen molar-refractivity contribution in [2.45, 2.75) is 6.92 Å². The van der Waals surface area contributed by atoms with Crippen LogP contribution in [0.4, 0.5) is 0 Å². The molecule has 2 rings (SSSR count). The van der Waals surface area contributed by atoms with Crippen molar-refractivity contribution < 1.29 is 5.11 Å². The number of rotatable bonds is 1.